The summed E-state index contributed by atoms with van der Waals surface area (Å²) in [5.41, 5.74) is 0.808. The van der Waals surface area contributed by atoms with Gasteiger partial charge in [-0.3, -0.25) is 14.7 Å². The Bertz CT molecular complexity index is 984. The molecule has 0 spiro atoms. The van der Waals surface area contributed by atoms with E-state index < -0.39 is 11.3 Å². The molecule has 1 aromatic carbocycles. The minimum absolute atomic E-state index is 0.354. The molecule has 1 aliphatic rings. The number of nitrogens with one attached hydrogen (secondary N) is 2. The number of thiophene rings is 1. The minimum atomic E-state index is -0.614. The fraction of sp³-hybridized carbons (Fsp3) is 0.300. The summed E-state index contributed by atoms with van der Waals surface area (Å²) in [6.07, 6.45) is 2.15. The van der Waals surface area contributed by atoms with E-state index in [0.717, 1.165) is 29.1 Å². The highest BCUT2D eigenvalue weighted by Crippen LogP contribution is 2.44. The van der Waals surface area contributed by atoms with Crippen LogP contribution in [0, 0.1) is 0 Å². The molecule has 150 valence electrons. The smallest absolute Gasteiger partial charge is 0.321 e. The van der Waals surface area contributed by atoms with Crippen molar-refractivity contribution in [3.8, 4) is 10.7 Å². The average Bonchev–Trinajstić information content (AvgIpc) is 3.24. The molecule has 1 fully saturated rings. The molecule has 1 aliphatic carbocycles. The second-order valence-electron chi connectivity index (χ2n) is 6.64. The third kappa shape index (κ3) is 4.51. The van der Waals surface area contributed by atoms with Crippen molar-refractivity contribution in [1.82, 2.24) is 25.4 Å². The van der Waals surface area contributed by atoms with Gasteiger partial charge in [0.25, 0.3) is 0 Å². The molecular weight excluding hydrogens is 406 g/mol. The molecule has 2 N–H and O–H groups in total. The van der Waals surface area contributed by atoms with Gasteiger partial charge in [0.1, 0.15) is 5.25 Å². The number of imide groups is 1. The molecule has 0 aliphatic heterocycles. The van der Waals surface area contributed by atoms with Gasteiger partial charge in [0.2, 0.25) is 5.91 Å². The fourth-order valence-corrected chi connectivity index (χ4v) is 4.79. The number of aromatic nitrogens is 3. The van der Waals surface area contributed by atoms with E-state index in [-0.39, 0.29) is 5.91 Å². The van der Waals surface area contributed by atoms with E-state index in [1.165, 1.54) is 11.8 Å². The van der Waals surface area contributed by atoms with Gasteiger partial charge >= 0.3 is 6.03 Å². The number of hydrogen-bond donors (Lipinski definition) is 2. The van der Waals surface area contributed by atoms with Crippen molar-refractivity contribution < 1.29 is 9.59 Å². The first-order valence-electron chi connectivity index (χ1n) is 9.46. The van der Waals surface area contributed by atoms with Crippen LogP contribution in [0.3, 0.4) is 0 Å². The molecular formula is C20H21N5O2S2. The standard InChI is InChI=1S/C20H21N5O2S2/c1-2-21-19(27)22-18(26)16(13-7-4-3-5-8-13)29-20-24-23-17(15-9-6-12-28-15)25(20)14-10-11-14/h3-9,12,14,16H,2,10-11H2,1H3,(H2,21,22,26,27)/t16-/m1/s1. The van der Waals surface area contributed by atoms with Crippen LogP contribution in [0.25, 0.3) is 10.7 Å². The van der Waals surface area contributed by atoms with E-state index in [4.69, 9.17) is 0 Å². The molecule has 7 nitrogen and oxygen atoms in total. The second kappa shape index (κ2) is 8.79. The molecule has 3 amide bonds. The molecule has 0 unspecified atom stereocenters. The predicted octanol–water partition coefficient (Wildman–Crippen LogP) is 4.02. The Morgan fingerprint density at radius 2 is 2.00 bits per heavy atom. The highest BCUT2D eigenvalue weighted by Gasteiger charge is 2.33. The van der Waals surface area contributed by atoms with Crippen LogP contribution in [0.2, 0.25) is 0 Å². The van der Waals surface area contributed by atoms with E-state index in [9.17, 15) is 9.59 Å². The third-order valence-corrected chi connectivity index (χ3v) is 6.53. The van der Waals surface area contributed by atoms with E-state index in [2.05, 4.69) is 25.4 Å². The van der Waals surface area contributed by atoms with E-state index in [1.54, 1.807) is 18.3 Å². The van der Waals surface area contributed by atoms with Crippen LogP contribution in [-0.4, -0.2) is 33.2 Å². The molecule has 29 heavy (non-hydrogen) atoms. The minimum Gasteiger partial charge on any atom is -0.338 e. The zero-order valence-electron chi connectivity index (χ0n) is 15.9. The van der Waals surface area contributed by atoms with E-state index in [0.29, 0.717) is 17.7 Å². The van der Waals surface area contributed by atoms with Crippen molar-refractivity contribution in [2.45, 2.75) is 36.2 Å². The molecule has 0 bridgehead atoms. The molecule has 4 rings (SSSR count). The molecule has 2 aromatic heterocycles. The molecule has 0 radical (unpaired) electrons. The number of carbonyl (C=O) groups excluding carboxylic acids is 2. The summed E-state index contributed by atoms with van der Waals surface area (Å²) in [5.74, 6) is 0.455. The summed E-state index contributed by atoms with van der Waals surface area (Å²) in [5, 5.41) is 15.9. The lowest BCUT2D eigenvalue weighted by Gasteiger charge is -2.17. The monoisotopic (exact) mass is 427 g/mol. The summed E-state index contributed by atoms with van der Waals surface area (Å²) in [4.78, 5) is 25.9. The molecule has 3 aromatic rings. The molecule has 1 atom stereocenters. The number of benzene rings is 1. The number of thioether (sulfide) groups is 1. The van der Waals surface area contributed by atoms with Crippen molar-refractivity contribution in [3.63, 3.8) is 0 Å². The Kier molecular flexibility index (Phi) is 5.96. The number of amides is 3. The van der Waals surface area contributed by atoms with Gasteiger partial charge in [0.15, 0.2) is 11.0 Å². The summed E-state index contributed by atoms with van der Waals surface area (Å²) in [7, 11) is 0. The predicted molar refractivity (Wildman–Crippen MR) is 114 cm³/mol. The van der Waals surface area contributed by atoms with Crippen molar-refractivity contribution in [2.75, 3.05) is 6.54 Å². The topological polar surface area (TPSA) is 88.9 Å². The first kappa shape index (κ1) is 19.7. The van der Waals surface area contributed by atoms with E-state index in [1.807, 2.05) is 47.8 Å². The van der Waals surface area contributed by atoms with Crippen LogP contribution in [0.5, 0.6) is 0 Å². The lowest BCUT2D eigenvalue weighted by molar-refractivity contribution is -0.119. The van der Waals surface area contributed by atoms with Crippen molar-refractivity contribution in [1.29, 1.82) is 0 Å². The van der Waals surface area contributed by atoms with Crippen LogP contribution in [0.15, 0.2) is 53.0 Å². The number of urea groups is 1. The molecule has 2 heterocycles. The lowest BCUT2D eigenvalue weighted by atomic mass is 10.1. The Balaban J connectivity index is 1.65. The number of hydrogen-bond acceptors (Lipinski definition) is 6. The Hall–Kier alpha value is -2.65. The van der Waals surface area contributed by atoms with Gasteiger partial charge < -0.3 is 5.32 Å². The Morgan fingerprint density at radius 1 is 1.21 bits per heavy atom. The van der Waals surface area contributed by atoms with Gasteiger partial charge in [0.05, 0.1) is 4.88 Å². The van der Waals surface area contributed by atoms with Crippen LogP contribution >= 0.6 is 23.1 Å². The van der Waals surface area contributed by atoms with Gasteiger partial charge in [0, 0.05) is 12.6 Å². The maximum absolute atomic E-state index is 12.9. The van der Waals surface area contributed by atoms with Crippen LogP contribution < -0.4 is 10.6 Å². The van der Waals surface area contributed by atoms with Crippen molar-refractivity contribution in [2.24, 2.45) is 0 Å². The number of rotatable bonds is 7. The fourth-order valence-electron chi connectivity index (χ4n) is 2.98. The summed E-state index contributed by atoms with van der Waals surface area (Å²) in [6.45, 7) is 2.25. The number of nitrogens with zero attached hydrogens (tertiary/aromatic N) is 3. The summed E-state index contributed by atoms with van der Waals surface area (Å²) in [6, 6.07) is 13.3. The molecule has 0 saturated heterocycles. The van der Waals surface area contributed by atoms with Crippen LogP contribution in [0.1, 0.15) is 36.6 Å². The highest BCUT2D eigenvalue weighted by atomic mass is 32.2. The first-order valence-corrected chi connectivity index (χ1v) is 11.2. The van der Waals surface area contributed by atoms with Crippen molar-refractivity contribution >= 4 is 35.0 Å². The highest BCUT2D eigenvalue weighted by molar-refractivity contribution is 8.00. The van der Waals surface area contributed by atoms with Gasteiger partial charge in [-0.25, -0.2) is 4.79 Å². The average molecular weight is 428 g/mol. The van der Waals surface area contributed by atoms with Gasteiger partial charge in [-0.05, 0) is 36.8 Å². The number of carbonyl (C=O) groups is 2. The first-order chi connectivity index (χ1) is 14.2. The quantitative estimate of drug-likeness (QED) is 0.556. The Labute approximate surface area is 176 Å². The summed E-state index contributed by atoms with van der Waals surface area (Å²) < 4.78 is 2.13. The van der Waals surface area contributed by atoms with Gasteiger partial charge in [-0.2, -0.15) is 0 Å². The van der Waals surface area contributed by atoms with Crippen LogP contribution in [-0.2, 0) is 4.79 Å². The molecule has 1 saturated carbocycles. The third-order valence-electron chi connectivity index (χ3n) is 4.46. The van der Waals surface area contributed by atoms with Gasteiger partial charge in [-0.15, -0.1) is 21.5 Å². The second-order valence-corrected chi connectivity index (χ2v) is 8.66. The summed E-state index contributed by atoms with van der Waals surface area (Å²) >= 11 is 2.94. The normalized spacial score (nSPS) is 14.4. The SMILES string of the molecule is CCNC(=O)NC(=O)[C@H](Sc1nnc(-c2cccs2)n1C1CC1)c1ccccc1. The van der Waals surface area contributed by atoms with Crippen molar-refractivity contribution in [3.05, 3.63) is 53.4 Å². The lowest BCUT2D eigenvalue weighted by Crippen LogP contribution is -2.41. The maximum Gasteiger partial charge on any atom is 0.321 e. The largest absolute Gasteiger partial charge is 0.338 e. The zero-order valence-corrected chi connectivity index (χ0v) is 17.5. The molecule has 9 heteroatoms. The van der Waals surface area contributed by atoms with Crippen LogP contribution in [0.4, 0.5) is 4.79 Å². The zero-order chi connectivity index (χ0) is 20.2. The Morgan fingerprint density at radius 3 is 2.66 bits per heavy atom. The van der Waals surface area contributed by atoms with Gasteiger partial charge in [-0.1, -0.05) is 48.2 Å². The van der Waals surface area contributed by atoms with E-state index >= 15 is 0 Å². The maximum atomic E-state index is 12.9.